The van der Waals surface area contributed by atoms with Gasteiger partial charge in [0.15, 0.2) is 11.6 Å². The zero-order valence-electron chi connectivity index (χ0n) is 24.0. The van der Waals surface area contributed by atoms with Crippen LogP contribution >= 0.6 is 0 Å². The number of allylic oxidation sites excluding steroid dienone is 4. The summed E-state index contributed by atoms with van der Waals surface area (Å²) in [5.41, 5.74) is -3.15. The topological polar surface area (TPSA) is 104 Å². The van der Waals surface area contributed by atoms with Crippen LogP contribution in [0, 0.1) is 67.5 Å². The molecule has 6 nitrogen and oxygen atoms in total. The van der Waals surface area contributed by atoms with E-state index < -0.39 is 50.3 Å². The molecule has 5 aliphatic rings. The van der Waals surface area contributed by atoms with E-state index in [2.05, 4.69) is 26.8 Å². The number of methoxy groups -OCH3 is 1. The number of nitriles is 1. The van der Waals surface area contributed by atoms with Crippen molar-refractivity contribution in [3.8, 4) is 6.07 Å². The monoisotopic (exact) mass is 521 g/mol. The van der Waals surface area contributed by atoms with E-state index in [1.165, 1.54) is 0 Å². The maximum Gasteiger partial charge on any atom is 0.312 e. The molecule has 1 N–H and O–H groups in total. The van der Waals surface area contributed by atoms with E-state index in [0.29, 0.717) is 13.0 Å². The van der Waals surface area contributed by atoms with Crippen LogP contribution in [0.1, 0.15) is 80.1 Å². The Morgan fingerprint density at radius 1 is 1.08 bits per heavy atom. The normalized spacial score (nSPS) is 49.1. The van der Waals surface area contributed by atoms with Crippen molar-refractivity contribution in [3.63, 3.8) is 0 Å². The molecule has 0 spiro atoms. The summed E-state index contributed by atoms with van der Waals surface area (Å²) in [6.45, 7) is 12.8. The average molecular weight is 522 g/mol. The summed E-state index contributed by atoms with van der Waals surface area (Å²) in [6.07, 6.45) is 9.96. The van der Waals surface area contributed by atoms with E-state index in [0.717, 1.165) is 37.7 Å². The second kappa shape index (κ2) is 8.13. The van der Waals surface area contributed by atoms with Crippen molar-refractivity contribution in [1.29, 1.82) is 5.26 Å². The van der Waals surface area contributed by atoms with Gasteiger partial charge in [-0.25, -0.2) is 0 Å². The molecule has 5 aliphatic carbocycles. The Hall–Kier alpha value is -2.26. The Morgan fingerprint density at radius 2 is 1.74 bits per heavy atom. The van der Waals surface area contributed by atoms with Crippen LogP contribution in [-0.2, 0) is 19.1 Å². The molecule has 0 aromatic carbocycles. The molecule has 6 heteroatoms. The van der Waals surface area contributed by atoms with Crippen LogP contribution in [0.2, 0.25) is 0 Å². The van der Waals surface area contributed by atoms with Gasteiger partial charge in [-0.15, -0.1) is 0 Å². The molecule has 0 aliphatic heterocycles. The average Bonchev–Trinajstić information content (AvgIpc) is 2.83. The molecule has 3 saturated carbocycles. The van der Waals surface area contributed by atoms with Crippen molar-refractivity contribution in [1.82, 2.24) is 0 Å². The second-order valence-corrected chi connectivity index (χ2v) is 14.6. The lowest BCUT2D eigenvalue weighted by molar-refractivity contribution is -0.211. The van der Waals surface area contributed by atoms with Crippen LogP contribution in [0.4, 0.5) is 0 Å². The molecule has 0 radical (unpaired) electrons. The summed E-state index contributed by atoms with van der Waals surface area (Å²) in [6, 6.07) is 2.44. The van der Waals surface area contributed by atoms with Gasteiger partial charge >= 0.3 is 5.97 Å². The smallest absolute Gasteiger partial charge is 0.312 e. The van der Waals surface area contributed by atoms with Gasteiger partial charge in [-0.3, -0.25) is 14.4 Å². The third kappa shape index (κ3) is 2.95. The predicted molar refractivity (Wildman–Crippen MR) is 143 cm³/mol. The summed E-state index contributed by atoms with van der Waals surface area (Å²) >= 11 is 0. The standard InChI is InChI=1S/C32H43NO5/c1-27(2)12-8-19-9-14-31(6)25(32(19,26(36)37)23(27)17-33)20(34)16-22-28(3)13-11-24(35)29(4,18-38-7)21(28)10-15-30(22,31)5/h11,13,16,19,21,23,25H,8-10,12,14-15,18H2,1-7H3,(H,36,37). The van der Waals surface area contributed by atoms with Gasteiger partial charge < -0.3 is 9.84 Å². The first kappa shape index (κ1) is 27.3. The highest BCUT2D eigenvalue weighted by molar-refractivity contribution is 6.00. The van der Waals surface area contributed by atoms with Gasteiger partial charge in [-0.1, -0.05) is 46.3 Å². The van der Waals surface area contributed by atoms with Gasteiger partial charge in [0.05, 0.1) is 29.4 Å². The van der Waals surface area contributed by atoms with Crippen molar-refractivity contribution in [2.75, 3.05) is 13.7 Å². The van der Waals surface area contributed by atoms with Crippen LogP contribution < -0.4 is 0 Å². The number of ketones is 2. The van der Waals surface area contributed by atoms with Gasteiger partial charge in [0.1, 0.15) is 0 Å². The maximum absolute atomic E-state index is 14.5. The van der Waals surface area contributed by atoms with E-state index >= 15 is 0 Å². The Morgan fingerprint density at radius 3 is 2.34 bits per heavy atom. The number of hydrogen-bond acceptors (Lipinski definition) is 5. The number of fused-ring (bicyclic) bond motifs is 7. The van der Waals surface area contributed by atoms with E-state index in [4.69, 9.17) is 4.74 Å². The molecule has 0 aromatic heterocycles. The molecule has 9 atom stereocenters. The first-order valence-electron chi connectivity index (χ1n) is 14.2. The molecule has 0 saturated heterocycles. The highest BCUT2D eigenvalue weighted by Gasteiger charge is 2.75. The molecule has 0 bridgehead atoms. The number of carboxylic acid groups (broad SMARTS) is 1. The molecule has 0 heterocycles. The predicted octanol–water partition coefficient (Wildman–Crippen LogP) is 5.77. The molecule has 9 unspecified atom stereocenters. The number of ether oxygens (including phenoxy) is 1. The molecular weight excluding hydrogens is 478 g/mol. The fourth-order valence-corrected chi connectivity index (χ4v) is 10.6. The minimum Gasteiger partial charge on any atom is -0.481 e. The molecule has 0 amide bonds. The summed E-state index contributed by atoms with van der Waals surface area (Å²) in [7, 11) is 1.62. The van der Waals surface area contributed by atoms with E-state index in [1.807, 2.05) is 26.8 Å². The zero-order chi connectivity index (χ0) is 28.1. The van der Waals surface area contributed by atoms with Crippen molar-refractivity contribution in [2.24, 2.45) is 56.2 Å². The molecular formula is C32H43NO5. The fraction of sp³-hybridized carbons (Fsp3) is 0.750. The van der Waals surface area contributed by atoms with Gasteiger partial charge in [0.2, 0.25) is 0 Å². The zero-order valence-corrected chi connectivity index (χ0v) is 24.0. The summed E-state index contributed by atoms with van der Waals surface area (Å²) in [4.78, 5) is 41.1. The molecule has 206 valence electrons. The second-order valence-electron chi connectivity index (χ2n) is 14.6. The highest BCUT2D eigenvalue weighted by Crippen LogP contribution is 2.76. The lowest BCUT2D eigenvalue weighted by Crippen LogP contribution is -2.70. The van der Waals surface area contributed by atoms with E-state index in [9.17, 15) is 24.8 Å². The Kier molecular flexibility index (Phi) is 5.84. The fourth-order valence-electron chi connectivity index (χ4n) is 10.6. The SMILES string of the molecule is COCC1(C)C(=O)C=CC2(C)C3=CC(=O)C4C5(C(=O)O)C(CCC(C)(C)C5C#N)CCC4(C)C3(C)CCC21. The molecule has 38 heavy (non-hydrogen) atoms. The third-order valence-electron chi connectivity index (χ3n) is 12.7. The lowest BCUT2D eigenvalue weighted by atomic mass is 9.32. The van der Waals surface area contributed by atoms with E-state index in [1.54, 1.807) is 19.3 Å². The van der Waals surface area contributed by atoms with Crippen LogP contribution in [0.3, 0.4) is 0 Å². The highest BCUT2D eigenvalue weighted by atomic mass is 16.5. The Labute approximate surface area is 226 Å². The summed E-state index contributed by atoms with van der Waals surface area (Å²) in [5, 5.41) is 21.5. The van der Waals surface area contributed by atoms with Crippen molar-refractivity contribution < 1.29 is 24.2 Å². The van der Waals surface area contributed by atoms with Gasteiger partial charge in [-0.2, -0.15) is 5.26 Å². The van der Waals surface area contributed by atoms with Crippen molar-refractivity contribution >= 4 is 17.5 Å². The number of carbonyl (C=O) groups is 3. The minimum absolute atomic E-state index is 0.0232. The lowest BCUT2D eigenvalue weighted by Gasteiger charge is -2.70. The third-order valence-corrected chi connectivity index (χ3v) is 12.7. The quantitative estimate of drug-likeness (QED) is 0.505. The number of nitrogens with zero attached hydrogens (tertiary/aromatic N) is 1. The first-order valence-corrected chi connectivity index (χ1v) is 14.2. The molecule has 3 fully saturated rings. The number of rotatable bonds is 3. The molecule has 5 rings (SSSR count). The van der Waals surface area contributed by atoms with Crippen molar-refractivity contribution in [3.05, 3.63) is 23.8 Å². The Bertz CT molecular complexity index is 1210. The minimum atomic E-state index is -1.41. The van der Waals surface area contributed by atoms with Crippen LogP contribution in [0.25, 0.3) is 0 Å². The number of hydrogen-bond donors (Lipinski definition) is 1. The van der Waals surface area contributed by atoms with Crippen LogP contribution in [0.15, 0.2) is 23.8 Å². The Balaban J connectivity index is 1.74. The largest absolute Gasteiger partial charge is 0.481 e. The number of carboxylic acids is 1. The maximum atomic E-state index is 14.5. The van der Waals surface area contributed by atoms with Gasteiger partial charge in [0.25, 0.3) is 0 Å². The van der Waals surface area contributed by atoms with Crippen LogP contribution in [0.5, 0.6) is 0 Å². The van der Waals surface area contributed by atoms with E-state index in [-0.39, 0.29) is 23.4 Å². The summed E-state index contributed by atoms with van der Waals surface area (Å²) in [5.74, 6) is -2.80. The summed E-state index contributed by atoms with van der Waals surface area (Å²) < 4.78 is 5.54. The first-order chi connectivity index (χ1) is 17.6. The number of carbonyl (C=O) groups excluding carboxylic acids is 2. The van der Waals surface area contributed by atoms with Gasteiger partial charge in [0, 0.05) is 18.4 Å². The number of aliphatic carboxylic acids is 1. The van der Waals surface area contributed by atoms with Crippen LogP contribution in [-0.4, -0.2) is 36.4 Å². The van der Waals surface area contributed by atoms with Gasteiger partial charge in [-0.05, 0) is 85.7 Å². The van der Waals surface area contributed by atoms with Crippen molar-refractivity contribution in [2.45, 2.75) is 80.1 Å². The molecule has 0 aromatic rings.